The van der Waals surface area contributed by atoms with Gasteiger partial charge in [-0.2, -0.15) is 0 Å². The molecule has 3 rings (SSSR count). The minimum absolute atomic E-state index is 0.162. The Kier molecular flexibility index (Phi) is 12.9. The highest BCUT2D eigenvalue weighted by atomic mass is 19.2. The fourth-order valence-corrected chi connectivity index (χ4v) is 4.85. The summed E-state index contributed by atoms with van der Waals surface area (Å²) < 4.78 is 144. The molecule has 14 heteroatoms. The van der Waals surface area contributed by atoms with Crippen LogP contribution in [0.4, 0.5) is 39.5 Å². The molecule has 0 aliphatic heterocycles. The van der Waals surface area contributed by atoms with E-state index in [9.17, 15) is 35.1 Å². The third kappa shape index (κ3) is 9.24. The van der Waals surface area contributed by atoms with Gasteiger partial charge in [-0.05, 0) is 19.3 Å². The molecule has 0 spiro atoms. The van der Waals surface area contributed by atoms with Crippen LogP contribution in [0, 0.1) is 52.4 Å². The average molecular weight is 650 g/mol. The molecule has 0 atom stereocenters. The van der Waals surface area contributed by atoms with Gasteiger partial charge in [-0.25, -0.2) is 39.5 Å². The zero-order chi connectivity index (χ0) is 33.3. The van der Waals surface area contributed by atoms with Crippen LogP contribution in [0.1, 0.15) is 64.9 Å². The van der Waals surface area contributed by atoms with Crippen molar-refractivity contribution < 1.29 is 58.0 Å². The molecule has 0 aliphatic rings. The van der Waals surface area contributed by atoms with E-state index < -0.39 is 82.5 Å². The summed E-state index contributed by atoms with van der Waals surface area (Å²) in [6.07, 6.45) is 4.65. The molecule has 0 amide bonds. The summed E-state index contributed by atoms with van der Waals surface area (Å²) in [7, 11) is -2.31. The Morgan fingerprint density at radius 3 is 1.27 bits per heavy atom. The van der Waals surface area contributed by atoms with Crippen molar-refractivity contribution in [3.63, 3.8) is 0 Å². The molecule has 0 bridgehead atoms. The monoisotopic (exact) mass is 650 g/mol. The summed E-state index contributed by atoms with van der Waals surface area (Å²) in [5.74, 6) is -17.6. The number of nitrogens with zero attached hydrogens (tertiary/aromatic N) is 1. The first-order chi connectivity index (χ1) is 21.3. The van der Waals surface area contributed by atoms with Gasteiger partial charge in [0.25, 0.3) is 0 Å². The van der Waals surface area contributed by atoms with Gasteiger partial charge in [0.15, 0.2) is 52.4 Å². The van der Waals surface area contributed by atoms with Gasteiger partial charge >= 0.3 is 7.32 Å². The maximum atomic E-state index is 15.6. The Morgan fingerprint density at radius 1 is 0.511 bits per heavy atom. The van der Waals surface area contributed by atoms with E-state index in [4.69, 9.17) is 14.0 Å². The molecule has 246 valence electrons. The van der Waals surface area contributed by atoms with Crippen LogP contribution in [0.15, 0.2) is 30.3 Å². The first-order valence-electron chi connectivity index (χ1n) is 14.6. The molecule has 0 fully saturated rings. The van der Waals surface area contributed by atoms with Crippen LogP contribution >= 0.6 is 0 Å². The highest BCUT2D eigenvalue weighted by Gasteiger charge is 2.37. The first kappa shape index (κ1) is 35.9. The molecule has 0 saturated heterocycles. The van der Waals surface area contributed by atoms with Crippen LogP contribution in [-0.4, -0.2) is 31.4 Å². The van der Waals surface area contributed by atoms with Crippen molar-refractivity contribution in [1.82, 2.24) is 0 Å². The third-order valence-electron chi connectivity index (χ3n) is 7.28. The van der Waals surface area contributed by atoms with Gasteiger partial charge in [0.05, 0.1) is 25.2 Å². The van der Waals surface area contributed by atoms with E-state index >= 15 is 4.39 Å². The van der Waals surface area contributed by atoms with Gasteiger partial charge in [0.2, 0.25) is 0 Å². The van der Waals surface area contributed by atoms with Crippen molar-refractivity contribution in [1.29, 1.82) is 0 Å². The van der Waals surface area contributed by atoms with Crippen molar-refractivity contribution in [2.24, 2.45) is 0 Å². The lowest BCUT2D eigenvalue weighted by Crippen LogP contribution is -2.50. The molecule has 0 heterocycles. The topological polar surface area (TPSA) is 27.7 Å². The second-order valence-corrected chi connectivity index (χ2v) is 10.7. The van der Waals surface area contributed by atoms with Crippen LogP contribution in [0.25, 0.3) is 0 Å². The Labute approximate surface area is 256 Å². The maximum absolute atomic E-state index is 15.6. The summed E-state index contributed by atoms with van der Waals surface area (Å²) in [6, 6.07) is 2.06. The zero-order valence-electron chi connectivity index (χ0n) is 25.1. The number of hydrogen-bond donors (Lipinski definition) is 0. The van der Waals surface area contributed by atoms with E-state index in [2.05, 4.69) is 0 Å². The van der Waals surface area contributed by atoms with Gasteiger partial charge in [0, 0.05) is 30.3 Å². The Morgan fingerprint density at radius 2 is 0.889 bits per heavy atom. The van der Waals surface area contributed by atoms with Crippen molar-refractivity contribution in [2.75, 3.05) is 19.6 Å². The second-order valence-electron chi connectivity index (χ2n) is 10.7. The van der Waals surface area contributed by atoms with E-state index in [1.54, 1.807) is 0 Å². The Hall–Kier alpha value is -3.55. The number of halogens is 9. The van der Waals surface area contributed by atoms with Gasteiger partial charge in [-0.3, -0.25) is 0 Å². The van der Waals surface area contributed by atoms with Crippen molar-refractivity contribution in [2.45, 2.75) is 65.8 Å². The fraction of sp³-hybridized carbons (Fsp3) is 0.419. The van der Waals surface area contributed by atoms with Crippen LogP contribution in [0.3, 0.4) is 0 Å². The smallest absolute Gasteiger partial charge is 0.489 e. The lowest BCUT2D eigenvalue weighted by molar-refractivity contribution is -0.941. The molecule has 3 aromatic carbocycles. The summed E-state index contributed by atoms with van der Waals surface area (Å²) in [6.45, 7) is 7.49. The number of unbranched alkanes of at least 4 members (excludes halogenated alkanes) is 3. The molecule has 4 nitrogen and oxygen atoms in total. The predicted molar refractivity (Wildman–Crippen MR) is 150 cm³/mol. The second kappa shape index (κ2) is 16.1. The van der Waals surface area contributed by atoms with Crippen LogP contribution in [0.5, 0.6) is 17.2 Å². The van der Waals surface area contributed by atoms with Gasteiger partial charge in [-0.1, -0.05) is 40.0 Å². The quantitative estimate of drug-likeness (QED) is 0.0632. The fourth-order valence-electron chi connectivity index (χ4n) is 4.85. The molecule has 3 aromatic rings. The maximum Gasteiger partial charge on any atom is 0.864 e. The van der Waals surface area contributed by atoms with Crippen molar-refractivity contribution >= 4 is 7.32 Å². The molecule has 0 saturated carbocycles. The highest BCUT2D eigenvalue weighted by Crippen LogP contribution is 2.33. The molecule has 0 aromatic heterocycles. The number of benzene rings is 3. The molecule has 45 heavy (non-hydrogen) atoms. The first-order valence-corrected chi connectivity index (χ1v) is 14.6. The standard InChI is InChI=1S/C31H34BF9NO3/c1-4-7-10-42(11-8-5-2,12-9-6-3)18-21-27(17-26(37)31(41)28(21)38)45-32(43-19-13-22(33)29(39)23(34)14-19)44-20-15-24(35)30(40)25(36)16-20/h13-17H,4-12,18H2,1-3H3/q+1. The number of rotatable bonds is 17. The van der Waals surface area contributed by atoms with E-state index in [1.807, 2.05) is 20.8 Å². The van der Waals surface area contributed by atoms with E-state index in [-0.39, 0.29) is 6.54 Å². The normalized spacial score (nSPS) is 11.6. The molecular weight excluding hydrogens is 616 g/mol. The van der Waals surface area contributed by atoms with Crippen LogP contribution in [0.2, 0.25) is 0 Å². The van der Waals surface area contributed by atoms with Gasteiger partial charge in [0.1, 0.15) is 23.8 Å². The van der Waals surface area contributed by atoms with Crippen molar-refractivity contribution in [3.05, 3.63) is 88.3 Å². The van der Waals surface area contributed by atoms with Crippen LogP contribution < -0.4 is 14.0 Å². The van der Waals surface area contributed by atoms with E-state index in [0.717, 1.165) is 38.5 Å². The highest BCUT2D eigenvalue weighted by molar-refractivity contribution is 6.39. The summed E-state index contributed by atoms with van der Waals surface area (Å²) in [4.78, 5) is 0. The lowest BCUT2D eigenvalue weighted by atomic mass is 10.1. The van der Waals surface area contributed by atoms with E-state index in [1.165, 1.54) is 0 Å². The van der Waals surface area contributed by atoms with Gasteiger partial charge in [-0.15, -0.1) is 0 Å². The average Bonchev–Trinajstić information content (AvgIpc) is 2.99. The summed E-state index contributed by atoms with van der Waals surface area (Å²) in [5, 5.41) is 0. The predicted octanol–water partition coefficient (Wildman–Crippen LogP) is 9.18. The SMILES string of the molecule is CCCC[N+](CCCC)(CCCC)Cc1c(OB(Oc2cc(F)c(F)c(F)c2)Oc2cc(F)c(F)c(F)c2)cc(F)c(F)c1F. The van der Waals surface area contributed by atoms with E-state index in [0.29, 0.717) is 54.4 Å². The third-order valence-corrected chi connectivity index (χ3v) is 7.28. The summed E-state index contributed by atoms with van der Waals surface area (Å²) in [5.41, 5.74) is -0.414. The molecule has 0 radical (unpaired) electrons. The molecular formula is C31H34BF9NO3+. The number of quaternary nitrogens is 1. The molecule has 0 unspecified atom stereocenters. The molecule has 0 N–H and O–H groups in total. The Bertz CT molecular complexity index is 1330. The number of hydrogen-bond acceptors (Lipinski definition) is 3. The zero-order valence-corrected chi connectivity index (χ0v) is 25.1. The minimum Gasteiger partial charge on any atom is -0.489 e. The van der Waals surface area contributed by atoms with Crippen LogP contribution in [-0.2, 0) is 6.54 Å². The minimum atomic E-state index is -2.31. The van der Waals surface area contributed by atoms with Crippen molar-refractivity contribution in [3.8, 4) is 17.2 Å². The van der Waals surface area contributed by atoms with Gasteiger partial charge < -0.3 is 18.4 Å². The largest absolute Gasteiger partial charge is 0.864 e. The Balaban J connectivity index is 2.13. The molecule has 0 aliphatic carbocycles. The summed E-state index contributed by atoms with van der Waals surface area (Å²) >= 11 is 0. The lowest BCUT2D eigenvalue weighted by Gasteiger charge is -2.39.